The highest BCUT2D eigenvalue weighted by atomic mass is 16.5. The molecule has 0 aliphatic heterocycles. The Labute approximate surface area is 111 Å². The summed E-state index contributed by atoms with van der Waals surface area (Å²) in [7, 11) is 1.88. The van der Waals surface area contributed by atoms with Crippen LogP contribution in [0, 0.1) is 0 Å². The summed E-state index contributed by atoms with van der Waals surface area (Å²) in [6.45, 7) is 2.46. The van der Waals surface area contributed by atoms with Gasteiger partial charge in [-0.1, -0.05) is 6.07 Å². The van der Waals surface area contributed by atoms with E-state index in [0.29, 0.717) is 13.2 Å². The normalized spacial score (nSPS) is 11.1. The van der Waals surface area contributed by atoms with Gasteiger partial charge < -0.3 is 9.47 Å². The first-order chi connectivity index (χ1) is 9.22. The molecule has 19 heavy (non-hydrogen) atoms. The zero-order valence-electron chi connectivity index (χ0n) is 11.0. The summed E-state index contributed by atoms with van der Waals surface area (Å²) in [6.07, 6.45) is 4.76. The molecule has 0 radical (unpaired) electrons. The van der Waals surface area contributed by atoms with Crippen molar-refractivity contribution in [1.29, 1.82) is 0 Å². The van der Waals surface area contributed by atoms with E-state index in [9.17, 15) is 4.79 Å². The van der Waals surface area contributed by atoms with Gasteiger partial charge in [-0.05, 0) is 25.1 Å². The van der Waals surface area contributed by atoms with Crippen LogP contribution in [0.5, 0.6) is 5.75 Å². The van der Waals surface area contributed by atoms with Crippen molar-refractivity contribution in [2.45, 2.75) is 6.92 Å². The maximum Gasteiger partial charge on any atom is 0.330 e. The number of fused-ring (bicyclic) bond motifs is 1. The Hall–Kier alpha value is -2.30. The molecule has 0 aliphatic carbocycles. The minimum absolute atomic E-state index is 0.312. The number of benzene rings is 1. The van der Waals surface area contributed by atoms with Gasteiger partial charge in [0.1, 0.15) is 12.4 Å². The number of carbonyl (C=O) groups is 1. The van der Waals surface area contributed by atoms with E-state index >= 15 is 0 Å². The zero-order chi connectivity index (χ0) is 13.7. The molecule has 0 spiro atoms. The fourth-order valence-corrected chi connectivity index (χ4v) is 1.75. The first-order valence-electron chi connectivity index (χ1n) is 6.09. The SMILES string of the molecule is CCOC(=O)C=CCOc1cccc2c1cnn2C. The lowest BCUT2D eigenvalue weighted by molar-refractivity contribution is -0.137. The van der Waals surface area contributed by atoms with E-state index in [2.05, 4.69) is 5.10 Å². The molecule has 2 rings (SSSR count). The molecule has 0 bridgehead atoms. The second kappa shape index (κ2) is 6.04. The van der Waals surface area contributed by atoms with E-state index in [1.807, 2.05) is 25.2 Å². The molecule has 1 aromatic heterocycles. The molecule has 1 heterocycles. The molecular formula is C14H16N2O3. The van der Waals surface area contributed by atoms with E-state index in [0.717, 1.165) is 16.7 Å². The molecule has 100 valence electrons. The first kappa shape index (κ1) is 13.1. The number of carbonyl (C=O) groups excluding carboxylic acids is 1. The third-order valence-corrected chi connectivity index (χ3v) is 2.63. The average molecular weight is 260 g/mol. The Balaban J connectivity index is 2.00. The summed E-state index contributed by atoms with van der Waals surface area (Å²) in [5.74, 6) is 0.393. The monoisotopic (exact) mass is 260 g/mol. The van der Waals surface area contributed by atoms with Gasteiger partial charge in [0, 0.05) is 13.1 Å². The number of hydrogen-bond donors (Lipinski definition) is 0. The number of nitrogens with zero attached hydrogens (tertiary/aromatic N) is 2. The molecule has 0 unspecified atom stereocenters. The van der Waals surface area contributed by atoms with Crippen LogP contribution in [-0.2, 0) is 16.6 Å². The summed E-state index contributed by atoms with van der Waals surface area (Å²) >= 11 is 0. The summed E-state index contributed by atoms with van der Waals surface area (Å²) in [5.41, 5.74) is 1.01. The van der Waals surface area contributed by atoms with E-state index in [4.69, 9.17) is 9.47 Å². The largest absolute Gasteiger partial charge is 0.489 e. The van der Waals surface area contributed by atoms with Crippen molar-refractivity contribution in [3.8, 4) is 5.75 Å². The quantitative estimate of drug-likeness (QED) is 0.610. The summed E-state index contributed by atoms with van der Waals surface area (Å²) in [5, 5.41) is 5.14. The molecule has 5 nitrogen and oxygen atoms in total. The summed E-state index contributed by atoms with van der Waals surface area (Å²) < 4.78 is 12.2. The van der Waals surface area contributed by atoms with Crippen LogP contribution in [-0.4, -0.2) is 29.0 Å². The minimum Gasteiger partial charge on any atom is -0.489 e. The van der Waals surface area contributed by atoms with Gasteiger partial charge >= 0.3 is 5.97 Å². The fourth-order valence-electron chi connectivity index (χ4n) is 1.75. The van der Waals surface area contributed by atoms with Crippen molar-refractivity contribution < 1.29 is 14.3 Å². The molecule has 0 aliphatic rings. The Morgan fingerprint density at radius 1 is 1.47 bits per heavy atom. The predicted molar refractivity (Wildman–Crippen MR) is 72.0 cm³/mol. The van der Waals surface area contributed by atoms with Crippen molar-refractivity contribution >= 4 is 16.9 Å². The van der Waals surface area contributed by atoms with Crippen LogP contribution in [0.1, 0.15) is 6.92 Å². The lowest BCUT2D eigenvalue weighted by Crippen LogP contribution is -2.01. The maximum atomic E-state index is 11.1. The highest BCUT2D eigenvalue weighted by Gasteiger charge is 2.04. The minimum atomic E-state index is -0.356. The molecule has 2 aromatic rings. The van der Waals surface area contributed by atoms with Crippen LogP contribution in [0.2, 0.25) is 0 Å². The lowest BCUT2D eigenvalue weighted by atomic mass is 10.2. The van der Waals surface area contributed by atoms with Gasteiger partial charge in [0.05, 0.1) is 23.7 Å². The highest BCUT2D eigenvalue weighted by molar-refractivity contribution is 5.85. The number of rotatable bonds is 5. The summed E-state index contributed by atoms with van der Waals surface area (Å²) in [4.78, 5) is 11.1. The number of ether oxygens (including phenoxy) is 2. The second-order valence-corrected chi connectivity index (χ2v) is 3.92. The third kappa shape index (κ3) is 3.13. The molecule has 0 fully saturated rings. The lowest BCUT2D eigenvalue weighted by Gasteiger charge is -2.04. The van der Waals surface area contributed by atoms with Gasteiger partial charge in [-0.2, -0.15) is 5.10 Å². The van der Waals surface area contributed by atoms with Gasteiger partial charge in [0.25, 0.3) is 0 Å². The van der Waals surface area contributed by atoms with Crippen molar-refractivity contribution in [2.24, 2.45) is 7.05 Å². The topological polar surface area (TPSA) is 53.4 Å². The number of aryl methyl sites for hydroxylation is 1. The van der Waals surface area contributed by atoms with Crippen LogP contribution in [0.3, 0.4) is 0 Å². The average Bonchev–Trinajstić information content (AvgIpc) is 2.78. The van der Waals surface area contributed by atoms with Gasteiger partial charge in [-0.15, -0.1) is 0 Å². The standard InChI is InChI=1S/C14H16N2O3/c1-3-18-14(17)8-5-9-19-13-7-4-6-12-11(13)10-15-16(12)2/h4-8,10H,3,9H2,1-2H3. The first-order valence-corrected chi connectivity index (χ1v) is 6.09. The number of hydrogen-bond acceptors (Lipinski definition) is 4. The molecule has 0 N–H and O–H groups in total. The third-order valence-electron chi connectivity index (χ3n) is 2.63. The van der Waals surface area contributed by atoms with E-state index < -0.39 is 0 Å². The van der Waals surface area contributed by atoms with Crippen molar-refractivity contribution in [2.75, 3.05) is 13.2 Å². The van der Waals surface area contributed by atoms with Crippen LogP contribution in [0.4, 0.5) is 0 Å². The fraction of sp³-hybridized carbons (Fsp3) is 0.286. The summed E-state index contributed by atoms with van der Waals surface area (Å²) in [6, 6.07) is 5.76. The van der Waals surface area contributed by atoms with Crippen LogP contribution >= 0.6 is 0 Å². The van der Waals surface area contributed by atoms with Gasteiger partial charge in [0.15, 0.2) is 0 Å². The smallest absolute Gasteiger partial charge is 0.330 e. The van der Waals surface area contributed by atoms with E-state index in [-0.39, 0.29) is 5.97 Å². The van der Waals surface area contributed by atoms with E-state index in [1.165, 1.54) is 6.08 Å². The Bertz CT molecular complexity index is 602. The molecule has 1 aromatic carbocycles. The van der Waals surface area contributed by atoms with Gasteiger partial charge in [-0.25, -0.2) is 4.79 Å². The zero-order valence-corrected chi connectivity index (χ0v) is 11.0. The number of aromatic nitrogens is 2. The Morgan fingerprint density at radius 2 is 2.32 bits per heavy atom. The van der Waals surface area contributed by atoms with Crippen LogP contribution in [0.25, 0.3) is 10.9 Å². The molecular weight excluding hydrogens is 244 g/mol. The number of esters is 1. The van der Waals surface area contributed by atoms with Crippen molar-refractivity contribution in [3.63, 3.8) is 0 Å². The van der Waals surface area contributed by atoms with Crippen LogP contribution in [0.15, 0.2) is 36.5 Å². The highest BCUT2D eigenvalue weighted by Crippen LogP contribution is 2.24. The second-order valence-electron chi connectivity index (χ2n) is 3.92. The Kier molecular flexibility index (Phi) is 4.18. The molecule has 0 atom stereocenters. The van der Waals surface area contributed by atoms with Crippen molar-refractivity contribution in [3.05, 3.63) is 36.5 Å². The van der Waals surface area contributed by atoms with E-state index in [1.54, 1.807) is 23.9 Å². The molecule has 0 saturated carbocycles. The van der Waals surface area contributed by atoms with Crippen molar-refractivity contribution in [1.82, 2.24) is 9.78 Å². The Morgan fingerprint density at radius 3 is 3.11 bits per heavy atom. The molecule has 0 amide bonds. The van der Waals surface area contributed by atoms with Gasteiger partial charge in [-0.3, -0.25) is 4.68 Å². The molecule has 5 heteroatoms. The maximum absolute atomic E-state index is 11.1. The van der Waals surface area contributed by atoms with Crippen LogP contribution < -0.4 is 4.74 Å². The molecule has 0 saturated heterocycles. The van der Waals surface area contributed by atoms with Gasteiger partial charge in [0.2, 0.25) is 0 Å². The predicted octanol–water partition coefficient (Wildman–Crippen LogP) is 2.07.